The molecule has 3 aromatic carbocycles. The Labute approximate surface area is 191 Å². The molecule has 0 bridgehead atoms. The number of nitrogens with one attached hydrogen (secondary N) is 2. The van der Waals surface area contributed by atoms with Crippen molar-refractivity contribution in [3.05, 3.63) is 89.5 Å². The summed E-state index contributed by atoms with van der Waals surface area (Å²) >= 11 is 0. The summed E-state index contributed by atoms with van der Waals surface area (Å²) in [6.45, 7) is 4.35. The number of amides is 2. The van der Waals surface area contributed by atoms with E-state index in [-0.39, 0.29) is 0 Å². The summed E-state index contributed by atoms with van der Waals surface area (Å²) in [7, 11) is 0. The molecule has 3 aromatic rings. The third-order valence-corrected chi connectivity index (χ3v) is 4.39. The molecule has 33 heavy (non-hydrogen) atoms. The molecule has 0 heterocycles. The molecule has 0 atom stereocenters. The largest absolute Gasteiger partial charge is 0.494 e. The first kappa shape index (κ1) is 23.2. The number of nitrogens with zero attached hydrogens (tertiary/aromatic N) is 1. The number of ether oxygens (including phenoxy) is 2. The van der Waals surface area contributed by atoms with Crippen molar-refractivity contribution in [2.24, 2.45) is 5.10 Å². The van der Waals surface area contributed by atoms with Gasteiger partial charge in [-0.05, 0) is 80.1 Å². The van der Waals surface area contributed by atoms with Crippen molar-refractivity contribution in [3.63, 3.8) is 0 Å². The maximum Gasteiger partial charge on any atom is 0.343 e. The molecule has 0 saturated heterocycles. The Bertz CT molecular complexity index is 1140. The molecule has 0 fully saturated rings. The monoisotopic (exact) mass is 445 g/mol. The standard InChI is InChI=1S/C25H23N3O5/c1-3-32-21-14-8-19(9-15-21)25(31)33-22-12-6-18(7-13-22)16-26-28-24(30)23(29)27-20-10-4-17(2)5-11-20/h4-16H,3H2,1-2H3,(H,27,29)(H,28,30). The lowest BCUT2D eigenvalue weighted by molar-refractivity contribution is -0.136. The lowest BCUT2D eigenvalue weighted by atomic mass is 10.2. The van der Waals surface area contributed by atoms with Crippen LogP contribution >= 0.6 is 0 Å². The molecule has 3 rings (SSSR count). The minimum absolute atomic E-state index is 0.354. The van der Waals surface area contributed by atoms with E-state index < -0.39 is 17.8 Å². The van der Waals surface area contributed by atoms with Gasteiger partial charge in [-0.1, -0.05) is 17.7 Å². The summed E-state index contributed by atoms with van der Waals surface area (Å²) in [5, 5.41) is 6.26. The molecule has 0 aliphatic carbocycles. The van der Waals surface area contributed by atoms with E-state index in [4.69, 9.17) is 9.47 Å². The number of anilines is 1. The van der Waals surface area contributed by atoms with Crippen LogP contribution in [-0.4, -0.2) is 30.6 Å². The molecule has 0 aromatic heterocycles. The van der Waals surface area contributed by atoms with Crippen LogP contribution in [0, 0.1) is 6.92 Å². The average molecular weight is 445 g/mol. The lowest BCUT2D eigenvalue weighted by Gasteiger charge is -2.06. The molecule has 0 radical (unpaired) electrons. The van der Waals surface area contributed by atoms with Crippen LogP contribution in [0.2, 0.25) is 0 Å². The van der Waals surface area contributed by atoms with Gasteiger partial charge in [0.1, 0.15) is 11.5 Å². The van der Waals surface area contributed by atoms with E-state index in [0.717, 1.165) is 5.56 Å². The number of aryl methyl sites for hydroxylation is 1. The van der Waals surface area contributed by atoms with Crippen LogP contribution in [0.5, 0.6) is 11.5 Å². The van der Waals surface area contributed by atoms with Gasteiger partial charge in [0.2, 0.25) is 0 Å². The van der Waals surface area contributed by atoms with E-state index in [1.54, 1.807) is 60.7 Å². The molecule has 0 spiro atoms. The lowest BCUT2D eigenvalue weighted by Crippen LogP contribution is -2.32. The van der Waals surface area contributed by atoms with Crippen molar-refractivity contribution < 1.29 is 23.9 Å². The number of rotatable bonds is 7. The van der Waals surface area contributed by atoms with Crippen molar-refractivity contribution in [1.82, 2.24) is 5.43 Å². The molecule has 168 valence electrons. The van der Waals surface area contributed by atoms with E-state index in [1.807, 2.05) is 26.0 Å². The Balaban J connectivity index is 1.49. The number of benzene rings is 3. The summed E-state index contributed by atoms with van der Waals surface area (Å²) < 4.78 is 10.7. The Kier molecular flexibility index (Phi) is 7.91. The van der Waals surface area contributed by atoms with Crippen LogP contribution in [0.3, 0.4) is 0 Å². The Hall–Kier alpha value is -4.46. The number of carbonyl (C=O) groups is 3. The van der Waals surface area contributed by atoms with Gasteiger partial charge in [0.05, 0.1) is 18.4 Å². The predicted octanol–water partition coefficient (Wildman–Crippen LogP) is 3.70. The fraction of sp³-hybridized carbons (Fsp3) is 0.120. The van der Waals surface area contributed by atoms with Gasteiger partial charge in [0, 0.05) is 5.69 Å². The number of hydrazone groups is 1. The van der Waals surface area contributed by atoms with Crippen molar-refractivity contribution in [2.75, 3.05) is 11.9 Å². The fourth-order valence-corrected chi connectivity index (χ4v) is 2.68. The van der Waals surface area contributed by atoms with E-state index in [1.165, 1.54) is 6.21 Å². The van der Waals surface area contributed by atoms with Gasteiger partial charge >= 0.3 is 17.8 Å². The highest BCUT2D eigenvalue weighted by atomic mass is 16.5. The zero-order valence-electron chi connectivity index (χ0n) is 18.2. The summed E-state index contributed by atoms with van der Waals surface area (Å²) in [4.78, 5) is 36.0. The Morgan fingerprint density at radius 2 is 1.48 bits per heavy atom. The molecule has 0 aliphatic heterocycles. The van der Waals surface area contributed by atoms with Crippen LogP contribution < -0.4 is 20.2 Å². The van der Waals surface area contributed by atoms with Gasteiger partial charge in [-0.15, -0.1) is 0 Å². The molecule has 0 unspecified atom stereocenters. The Morgan fingerprint density at radius 1 is 0.848 bits per heavy atom. The molecule has 2 amide bonds. The van der Waals surface area contributed by atoms with Gasteiger partial charge in [0.25, 0.3) is 0 Å². The van der Waals surface area contributed by atoms with Gasteiger partial charge in [0.15, 0.2) is 0 Å². The van der Waals surface area contributed by atoms with Gasteiger partial charge in [-0.25, -0.2) is 10.2 Å². The first-order chi connectivity index (χ1) is 15.9. The average Bonchev–Trinajstić information content (AvgIpc) is 2.82. The summed E-state index contributed by atoms with van der Waals surface area (Å²) in [5.41, 5.74) is 4.76. The SMILES string of the molecule is CCOc1ccc(C(=O)Oc2ccc(C=NNC(=O)C(=O)Nc3ccc(C)cc3)cc2)cc1. The molecule has 0 aliphatic rings. The highest BCUT2D eigenvalue weighted by molar-refractivity contribution is 6.39. The fourth-order valence-electron chi connectivity index (χ4n) is 2.68. The normalized spacial score (nSPS) is 10.5. The van der Waals surface area contributed by atoms with E-state index >= 15 is 0 Å². The quantitative estimate of drug-likeness (QED) is 0.190. The highest BCUT2D eigenvalue weighted by Gasteiger charge is 2.12. The van der Waals surface area contributed by atoms with Crippen molar-refractivity contribution in [1.29, 1.82) is 0 Å². The summed E-state index contributed by atoms with van der Waals surface area (Å²) in [5.74, 6) is -1.18. The van der Waals surface area contributed by atoms with Crippen molar-refractivity contribution in [3.8, 4) is 11.5 Å². The molecule has 2 N–H and O–H groups in total. The van der Waals surface area contributed by atoms with Crippen molar-refractivity contribution >= 4 is 29.7 Å². The summed E-state index contributed by atoms with van der Waals surface area (Å²) in [6, 6.07) is 20.2. The zero-order chi connectivity index (χ0) is 23.6. The van der Waals surface area contributed by atoms with Crippen LogP contribution in [0.15, 0.2) is 77.9 Å². The first-order valence-corrected chi connectivity index (χ1v) is 10.2. The molecular formula is C25H23N3O5. The molecule has 8 heteroatoms. The first-order valence-electron chi connectivity index (χ1n) is 10.2. The highest BCUT2D eigenvalue weighted by Crippen LogP contribution is 2.16. The third kappa shape index (κ3) is 7.03. The minimum Gasteiger partial charge on any atom is -0.494 e. The minimum atomic E-state index is -0.896. The van der Waals surface area contributed by atoms with E-state index in [0.29, 0.717) is 34.9 Å². The van der Waals surface area contributed by atoms with Gasteiger partial charge in [-0.2, -0.15) is 5.10 Å². The summed E-state index contributed by atoms with van der Waals surface area (Å²) in [6.07, 6.45) is 1.37. The van der Waals surface area contributed by atoms with Crippen LogP contribution in [0.4, 0.5) is 5.69 Å². The topological polar surface area (TPSA) is 106 Å². The van der Waals surface area contributed by atoms with Crippen LogP contribution in [0.1, 0.15) is 28.4 Å². The number of esters is 1. The van der Waals surface area contributed by atoms with Crippen molar-refractivity contribution in [2.45, 2.75) is 13.8 Å². The zero-order valence-corrected chi connectivity index (χ0v) is 18.2. The van der Waals surface area contributed by atoms with E-state index in [9.17, 15) is 14.4 Å². The molecule has 0 saturated carbocycles. The van der Waals surface area contributed by atoms with Gasteiger partial charge < -0.3 is 14.8 Å². The number of hydrogen-bond acceptors (Lipinski definition) is 6. The molecule has 8 nitrogen and oxygen atoms in total. The van der Waals surface area contributed by atoms with Gasteiger partial charge in [-0.3, -0.25) is 9.59 Å². The third-order valence-electron chi connectivity index (χ3n) is 4.39. The predicted molar refractivity (Wildman–Crippen MR) is 125 cm³/mol. The van der Waals surface area contributed by atoms with Crippen LogP contribution in [-0.2, 0) is 9.59 Å². The second kappa shape index (κ2) is 11.2. The number of carbonyl (C=O) groups excluding carboxylic acids is 3. The second-order valence-electron chi connectivity index (χ2n) is 6.94. The van der Waals surface area contributed by atoms with Crippen LogP contribution in [0.25, 0.3) is 0 Å². The smallest absolute Gasteiger partial charge is 0.343 e. The second-order valence-corrected chi connectivity index (χ2v) is 6.94. The van der Waals surface area contributed by atoms with E-state index in [2.05, 4.69) is 15.8 Å². The molecular weight excluding hydrogens is 422 g/mol. The Morgan fingerprint density at radius 3 is 2.12 bits per heavy atom. The maximum absolute atomic E-state index is 12.3. The number of hydrogen-bond donors (Lipinski definition) is 2. The maximum atomic E-state index is 12.3.